The molecule has 0 radical (unpaired) electrons. The van der Waals surface area contributed by atoms with Gasteiger partial charge in [-0.1, -0.05) is 60.7 Å². The maximum atomic E-state index is 13.0. The summed E-state index contributed by atoms with van der Waals surface area (Å²) >= 11 is 0. The summed E-state index contributed by atoms with van der Waals surface area (Å²) in [6, 6.07) is 24.8. The molecule has 0 aliphatic carbocycles. The van der Waals surface area contributed by atoms with E-state index in [4.69, 9.17) is 0 Å². The number of fused-ring (bicyclic) bond motifs is 3. The minimum absolute atomic E-state index is 0.262. The number of imide groups is 1. The highest BCUT2D eigenvalue weighted by Gasteiger charge is 2.37. The van der Waals surface area contributed by atoms with Crippen molar-refractivity contribution in [3.63, 3.8) is 0 Å². The number of amides is 2. The first kappa shape index (κ1) is 13.9. The lowest BCUT2D eigenvalue weighted by molar-refractivity contribution is 0.0927. The molecule has 5 rings (SSSR count). The molecule has 4 aromatic rings. The van der Waals surface area contributed by atoms with E-state index in [-0.39, 0.29) is 11.8 Å². The lowest BCUT2D eigenvalue weighted by Gasteiger charge is -2.19. The molecule has 1 aliphatic rings. The summed E-state index contributed by atoms with van der Waals surface area (Å²) in [4.78, 5) is 27.3. The molecule has 0 aromatic heterocycles. The minimum Gasteiger partial charge on any atom is -0.268 e. The molecule has 0 saturated heterocycles. The second-order valence-corrected chi connectivity index (χ2v) is 6.16. The highest BCUT2D eigenvalue weighted by atomic mass is 16.2. The fraction of sp³-hybridized carbons (Fsp3) is 0. The molecule has 0 N–H and O–H groups in total. The monoisotopic (exact) mass is 323 g/mol. The summed E-state index contributed by atoms with van der Waals surface area (Å²) in [6.07, 6.45) is 0. The van der Waals surface area contributed by atoms with E-state index in [1.165, 1.54) is 4.90 Å². The Balaban J connectivity index is 1.89. The molecule has 3 nitrogen and oxygen atoms in total. The van der Waals surface area contributed by atoms with Crippen molar-refractivity contribution in [3.05, 3.63) is 90.0 Å². The van der Waals surface area contributed by atoms with Crippen molar-refractivity contribution in [2.45, 2.75) is 0 Å². The van der Waals surface area contributed by atoms with Gasteiger partial charge >= 0.3 is 0 Å². The Kier molecular flexibility index (Phi) is 2.80. The maximum Gasteiger partial charge on any atom is 0.266 e. The second kappa shape index (κ2) is 5.02. The first-order valence-corrected chi connectivity index (χ1v) is 8.14. The fourth-order valence-corrected chi connectivity index (χ4v) is 3.62. The Morgan fingerprint density at radius 3 is 1.52 bits per heavy atom. The molecule has 25 heavy (non-hydrogen) atoms. The number of hydrogen-bond acceptors (Lipinski definition) is 2. The van der Waals surface area contributed by atoms with Crippen LogP contribution >= 0.6 is 0 Å². The molecule has 3 heteroatoms. The first-order chi connectivity index (χ1) is 12.3. The Labute approximate surface area is 144 Å². The van der Waals surface area contributed by atoms with Gasteiger partial charge in [0.25, 0.3) is 11.8 Å². The summed E-state index contributed by atoms with van der Waals surface area (Å²) in [5.41, 5.74) is 1.59. The summed E-state index contributed by atoms with van der Waals surface area (Å²) in [5.74, 6) is -0.524. The van der Waals surface area contributed by atoms with Gasteiger partial charge in [-0.2, -0.15) is 0 Å². The predicted octanol–water partition coefficient (Wildman–Crippen LogP) is 4.79. The number of rotatable bonds is 1. The first-order valence-electron chi connectivity index (χ1n) is 8.14. The molecule has 0 fully saturated rings. The number of anilines is 1. The van der Waals surface area contributed by atoms with E-state index < -0.39 is 0 Å². The van der Waals surface area contributed by atoms with Crippen molar-refractivity contribution in [3.8, 4) is 0 Å². The quantitative estimate of drug-likeness (QED) is 0.373. The zero-order valence-corrected chi connectivity index (χ0v) is 13.3. The lowest BCUT2D eigenvalue weighted by atomic mass is 10.00. The van der Waals surface area contributed by atoms with E-state index in [2.05, 4.69) is 6.07 Å². The molecule has 0 atom stereocenters. The van der Waals surface area contributed by atoms with Gasteiger partial charge in [0.1, 0.15) is 0 Å². The van der Waals surface area contributed by atoms with E-state index >= 15 is 0 Å². The van der Waals surface area contributed by atoms with E-state index in [0.29, 0.717) is 16.8 Å². The lowest BCUT2D eigenvalue weighted by Crippen LogP contribution is -2.29. The molecule has 2 amide bonds. The van der Waals surface area contributed by atoms with Crippen LogP contribution in [-0.2, 0) is 0 Å². The molecule has 1 heterocycles. The number of benzene rings is 4. The average Bonchev–Trinajstić information content (AvgIpc) is 2.91. The number of carbonyl (C=O) groups excluding carboxylic acids is 2. The third-order valence-corrected chi connectivity index (χ3v) is 4.76. The molecule has 4 aromatic carbocycles. The van der Waals surface area contributed by atoms with Crippen LogP contribution in [0, 0.1) is 0 Å². The van der Waals surface area contributed by atoms with Crippen LogP contribution in [0.15, 0.2) is 78.9 Å². The van der Waals surface area contributed by atoms with Gasteiger partial charge < -0.3 is 0 Å². The van der Waals surface area contributed by atoms with Gasteiger partial charge in [-0.25, -0.2) is 4.90 Å². The third-order valence-electron chi connectivity index (χ3n) is 4.76. The summed E-state index contributed by atoms with van der Waals surface area (Å²) < 4.78 is 0. The van der Waals surface area contributed by atoms with Gasteiger partial charge in [0.2, 0.25) is 0 Å². The Bertz CT molecular complexity index is 1100. The van der Waals surface area contributed by atoms with Crippen LogP contribution in [0.2, 0.25) is 0 Å². The van der Waals surface area contributed by atoms with Crippen molar-refractivity contribution in [1.82, 2.24) is 0 Å². The SMILES string of the molecule is O=C1c2ccccc2C(=O)N1c1c2ccccc2cc2ccccc12. The Morgan fingerprint density at radius 1 is 0.560 bits per heavy atom. The summed E-state index contributed by atoms with van der Waals surface area (Å²) in [5, 5.41) is 3.81. The predicted molar refractivity (Wildman–Crippen MR) is 99.0 cm³/mol. The largest absolute Gasteiger partial charge is 0.268 e. The zero-order chi connectivity index (χ0) is 17.0. The summed E-state index contributed by atoms with van der Waals surface area (Å²) in [7, 11) is 0. The molecule has 0 spiro atoms. The highest BCUT2D eigenvalue weighted by Crippen LogP contribution is 2.39. The fourth-order valence-electron chi connectivity index (χ4n) is 3.62. The topological polar surface area (TPSA) is 37.4 Å². The average molecular weight is 323 g/mol. The van der Waals surface area contributed by atoms with Gasteiger partial charge in [-0.3, -0.25) is 9.59 Å². The third kappa shape index (κ3) is 1.86. The van der Waals surface area contributed by atoms with Crippen LogP contribution in [0.25, 0.3) is 21.5 Å². The molecule has 0 saturated carbocycles. The van der Waals surface area contributed by atoms with Crippen molar-refractivity contribution in [2.75, 3.05) is 4.90 Å². The van der Waals surface area contributed by atoms with Gasteiger partial charge in [0, 0.05) is 10.8 Å². The van der Waals surface area contributed by atoms with E-state index in [9.17, 15) is 9.59 Å². The minimum atomic E-state index is -0.262. The number of hydrogen-bond donors (Lipinski definition) is 0. The van der Waals surface area contributed by atoms with Crippen LogP contribution in [0.4, 0.5) is 5.69 Å². The normalized spacial score (nSPS) is 13.7. The highest BCUT2D eigenvalue weighted by molar-refractivity contribution is 6.38. The number of nitrogens with zero attached hydrogens (tertiary/aromatic N) is 1. The van der Waals surface area contributed by atoms with Gasteiger partial charge in [-0.15, -0.1) is 0 Å². The maximum absolute atomic E-state index is 13.0. The van der Waals surface area contributed by atoms with Crippen LogP contribution in [0.1, 0.15) is 20.7 Å². The molecule has 0 bridgehead atoms. The number of carbonyl (C=O) groups is 2. The van der Waals surface area contributed by atoms with Crippen LogP contribution in [0.3, 0.4) is 0 Å². The van der Waals surface area contributed by atoms with E-state index in [1.54, 1.807) is 24.3 Å². The van der Waals surface area contributed by atoms with Gasteiger partial charge in [-0.05, 0) is 29.0 Å². The van der Waals surface area contributed by atoms with Crippen LogP contribution < -0.4 is 4.90 Å². The summed E-state index contributed by atoms with van der Waals surface area (Å²) in [6.45, 7) is 0. The standard InChI is InChI=1S/C22H13NO2/c24-21-18-11-5-6-12-19(18)22(25)23(21)20-16-9-3-1-7-14(16)13-15-8-2-4-10-17(15)20/h1-13H. The van der Waals surface area contributed by atoms with Crippen LogP contribution in [-0.4, -0.2) is 11.8 Å². The van der Waals surface area contributed by atoms with E-state index in [1.807, 2.05) is 48.5 Å². The molecule has 1 aliphatic heterocycles. The van der Waals surface area contributed by atoms with Crippen molar-refractivity contribution in [2.24, 2.45) is 0 Å². The molecular weight excluding hydrogens is 310 g/mol. The van der Waals surface area contributed by atoms with Crippen molar-refractivity contribution < 1.29 is 9.59 Å². The smallest absolute Gasteiger partial charge is 0.266 e. The van der Waals surface area contributed by atoms with Crippen molar-refractivity contribution >= 4 is 39.0 Å². The van der Waals surface area contributed by atoms with Gasteiger partial charge in [0.15, 0.2) is 0 Å². The molecular formula is C22H13NO2. The van der Waals surface area contributed by atoms with Crippen LogP contribution in [0.5, 0.6) is 0 Å². The van der Waals surface area contributed by atoms with E-state index in [0.717, 1.165) is 21.5 Å². The second-order valence-electron chi connectivity index (χ2n) is 6.16. The molecule has 0 unspecified atom stereocenters. The van der Waals surface area contributed by atoms with Crippen molar-refractivity contribution in [1.29, 1.82) is 0 Å². The Hall–Kier alpha value is -3.46. The zero-order valence-electron chi connectivity index (χ0n) is 13.3. The Morgan fingerprint density at radius 2 is 1.00 bits per heavy atom. The molecule has 118 valence electrons. The van der Waals surface area contributed by atoms with Gasteiger partial charge in [0.05, 0.1) is 16.8 Å².